The van der Waals surface area contributed by atoms with Gasteiger partial charge in [-0.15, -0.1) is 0 Å². The standard InChI is InChI=1S/C14H13NO3/c1-18-14(17)12-8-10(4-7-13(12)15)9-2-5-11(16)6-3-9/h2-8,16H,15H2,1H3. The van der Waals surface area contributed by atoms with Crippen LogP contribution in [0.3, 0.4) is 0 Å². The fraction of sp³-hybridized carbons (Fsp3) is 0.0714. The number of methoxy groups -OCH3 is 1. The van der Waals surface area contributed by atoms with E-state index in [1.807, 2.05) is 6.07 Å². The smallest absolute Gasteiger partial charge is 0.339 e. The van der Waals surface area contributed by atoms with Gasteiger partial charge in [0.25, 0.3) is 0 Å². The Kier molecular flexibility index (Phi) is 3.19. The number of phenolic OH excluding ortho intramolecular Hbond substituents is 1. The van der Waals surface area contributed by atoms with Gasteiger partial charge in [-0.05, 0) is 35.4 Å². The maximum atomic E-state index is 11.5. The fourth-order valence-corrected chi connectivity index (χ4v) is 1.68. The van der Waals surface area contributed by atoms with E-state index in [0.29, 0.717) is 11.3 Å². The number of hydrogen-bond donors (Lipinski definition) is 2. The van der Waals surface area contributed by atoms with Crippen LogP contribution in [0.1, 0.15) is 10.4 Å². The van der Waals surface area contributed by atoms with Crippen LogP contribution < -0.4 is 5.73 Å². The average molecular weight is 243 g/mol. The lowest BCUT2D eigenvalue weighted by atomic mass is 10.0. The first-order valence-corrected chi connectivity index (χ1v) is 5.39. The van der Waals surface area contributed by atoms with E-state index in [9.17, 15) is 9.90 Å². The second-order valence-corrected chi connectivity index (χ2v) is 3.84. The number of nitrogens with two attached hydrogens (primary N) is 1. The number of phenols is 1. The van der Waals surface area contributed by atoms with Crippen LogP contribution in [0.15, 0.2) is 42.5 Å². The first-order valence-electron chi connectivity index (χ1n) is 5.39. The third-order valence-electron chi connectivity index (χ3n) is 2.66. The highest BCUT2D eigenvalue weighted by Gasteiger charge is 2.11. The minimum atomic E-state index is -0.465. The summed E-state index contributed by atoms with van der Waals surface area (Å²) >= 11 is 0. The van der Waals surface area contributed by atoms with Crippen LogP contribution in [-0.4, -0.2) is 18.2 Å². The Balaban J connectivity index is 2.46. The molecule has 0 aliphatic carbocycles. The Hall–Kier alpha value is -2.49. The zero-order valence-corrected chi connectivity index (χ0v) is 9.88. The molecule has 4 nitrogen and oxygen atoms in total. The van der Waals surface area contributed by atoms with Crippen molar-refractivity contribution in [2.75, 3.05) is 12.8 Å². The molecule has 2 aromatic carbocycles. The number of aromatic hydroxyl groups is 1. The number of esters is 1. The lowest BCUT2D eigenvalue weighted by Crippen LogP contribution is -2.05. The maximum Gasteiger partial charge on any atom is 0.339 e. The van der Waals surface area contributed by atoms with Gasteiger partial charge in [-0.3, -0.25) is 0 Å². The summed E-state index contributed by atoms with van der Waals surface area (Å²) in [5.74, 6) is -0.268. The number of rotatable bonds is 2. The molecule has 0 aromatic heterocycles. The molecule has 0 bridgehead atoms. The number of ether oxygens (including phenoxy) is 1. The van der Waals surface area contributed by atoms with Gasteiger partial charge in [0.1, 0.15) is 5.75 Å². The van der Waals surface area contributed by atoms with Crippen molar-refractivity contribution in [2.24, 2.45) is 0 Å². The van der Waals surface area contributed by atoms with Crippen LogP contribution in [0.5, 0.6) is 5.75 Å². The third kappa shape index (κ3) is 2.27. The van der Waals surface area contributed by atoms with E-state index < -0.39 is 5.97 Å². The lowest BCUT2D eigenvalue weighted by molar-refractivity contribution is 0.0602. The lowest BCUT2D eigenvalue weighted by Gasteiger charge is -2.07. The van der Waals surface area contributed by atoms with Crippen LogP contribution in [0.4, 0.5) is 5.69 Å². The van der Waals surface area contributed by atoms with E-state index in [0.717, 1.165) is 11.1 Å². The van der Waals surface area contributed by atoms with Gasteiger partial charge in [0.2, 0.25) is 0 Å². The van der Waals surface area contributed by atoms with Crippen molar-refractivity contribution in [3.8, 4) is 16.9 Å². The van der Waals surface area contributed by atoms with E-state index in [-0.39, 0.29) is 5.75 Å². The predicted molar refractivity (Wildman–Crippen MR) is 69.3 cm³/mol. The number of hydrogen-bond acceptors (Lipinski definition) is 4. The summed E-state index contributed by atoms with van der Waals surface area (Å²) in [4.78, 5) is 11.5. The highest BCUT2D eigenvalue weighted by atomic mass is 16.5. The number of anilines is 1. The molecule has 2 aromatic rings. The Morgan fingerprint density at radius 2 is 1.72 bits per heavy atom. The summed E-state index contributed by atoms with van der Waals surface area (Å²) < 4.78 is 4.67. The highest BCUT2D eigenvalue weighted by molar-refractivity contribution is 5.96. The molecule has 3 N–H and O–H groups in total. The largest absolute Gasteiger partial charge is 0.508 e. The summed E-state index contributed by atoms with van der Waals surface area (Å²) in [5.41, 5.74) is 8.17. The molecule has 0 atom stereocenters. The van der Waals surface area contributed by atoms with E-state index in [2.05, 4.69) is 4.74 Å². The summed E-state index contributed by atoms with van der Waals surface area (Å²) in [6, 6.07) is 11.9. The quantitative estimate of drug-likeness (QED) is 0.627. The van der Waals surface area contributed by atoms with Crippen LogP contribution in [0.2, 0.25) is 0 Å². The normalized spacial score (nSPS) is 10.1. The second kappa shape index (κ2) is 4.79. The topological polar surface area (TPSA) is 72.5 Å². The fourth-order valence-electron chi connectivity index (χ4n) is 1.68. The number of nitrogen functional groups attached to an aromatic ring is 1. The van der Waals surface area contributed by atoms with E-state index >= 15 is 0 Å². The third-order valence-corrected chi connectivity index (χ3v) is 2.66. The zero-order valence-electron chi connectivity index (χ0n) is 9.88. The molecule has 0 radical (unpaired) electrons. The van der Waals surface area contributed by atoms with E-state index in [1.54, 1.807) is 36.4 Å². The van der Waals surface area contributed by atoms with Crippen molar-refractivity contribution in [1.29, 1.82) is 0 Å². The van der Waals surface area contributed by atoms with Crippen LogP contribution >= 0.6 is 0 Å². The van der Waals surface area contributed by atoms with Gasteiger partial charge in [-0.2, -0.15) is 0 Å². The number of carbonyl (C=O) groups is 1. The Labute approximate surface area is 105 Å². The molecule has 0 saturated heterocycles. The number of benzene rings is 2. The first-order chi connectivity index (χ1) is 8.61. The van der Waals surface area contributed by atoms with Crippen molar-refractivity contribution >= 4 is 11.7 Å². The Morgan fingerprint density at radius 3 is 2.33 bits per heavy atom. The van der Waals surface area contributed by atoms with Crippen molar-refractivity contribution in [2.45, 2.75) is 0 Å². The molecular weight excluding hydrogens is 230 g/mol. The Bertz CT molecular complexity index is 576. The summed E-state index contributed by atoms with van der Waals surface area (Å²) in [7, 11) is 1.31. The van der Waals surface area contributed by atoms with Crippen LogP contribution in [0.25, 0.3) is 11.1 Å². The Morgan fingerprint density at radius 1 is 1.11 bits per heavy atom. The summed E-state index contributed by atoms with van der Waals surface area (Å²) in [6.07, 6.45) is 0. The van der Waals surface area contributed by atoms with Crippen LogP contribution in [0, 0.1) is 0 Å². The first kappa shape index (κ1) is 12.0. The van der Waals surface area contributed by atoms with Gasteiger partial charge in [0.05, 0.1) is 12.7 Å². The molecule has 4 heteroatoms. The molecule has 0 spiro atoms. The minimum absolute atomic E-state index is 0.197. The van der Waals surface area contributed by atoms with Crippen molar-refractivity contribution in [3.05, 3.63) is 48.0 Å². The summed E-state index contributed by atoms with van der Waals surface area (Å²) in [5, 5.41) is 9.23. The average Bonchev–Trinajstić information content (AvgIpc) is 2.39. The summed E-state index contributed by atoms with van der Waals surface area (Å²) in [6.45, 7) is 0. The van der Waals surface area contributed by atoms with Crippen molar-refractivity contribution < 1.29 is 14.6 Å². The molecular formula is C14H13NO3. The minimum Gasteiger partial charge on any atom is -0.508 e. The van der Waals surface area contributed by atoms with Crippen molar-refractivity contribution in [1.82, 2.24) is 0 Å². The molecule has 0 heterocycles. The van der Waals surface area contributed by atoms with E-state index in [1.165, 1.54) is 7.11 Å². The van der Waals surface area contributed by atoms with Gasteiger partial charge in [-0.25, -0.2) is 4.79 Å². The molecule has 0 aliphatic heterocycles. The zero-order chi connectivity index (χ0) is 13.1. The van der Waals surface area contributed by atoms with Crippen LogP contribution in [-0.2, 0) is 4.74 Å². The molecule has 0 amide bonds. The van der Waals surface area contributed by atoms with Gasteiger partial charge < -0.3 is 15.6 Å². The van der Waals surface area contributed by atoms with Gasteiger partial charge in [0.15, 0.2) is 0 Å². The SMILES string of the molecule is COC(=O)c1cc(-c2ccc(O)cc2)ccc1N. The monoisotopic (exact) mass is 243 g/mol. The van der Waals surface area contributed by atoms with Crippen molar-refractivity contribution in [3.63, 3.8) is 0 Å². The van der Waals surface area contributed by atoms with Gasteiger partial charge in [0, 0.05) is 5.69 Å². The molecule has 2 rings (SSSR count). The number of carbonyl (C=O) groups excluding carboxylic acids is 1. The van der Waals surface area contributed by atoms with Gasteiger partial charge >= 0.3 is 5.97 Å². The predicted octanol–water partition coefficient (Wildman–Crippen LogP) is 2.43. The molecule has 0 fully saturated rings. The highest BCUT2D eigenvalue weighted by Crippen LogP contribution is 2.25. The van der Waals surface area contributed by atoms with Gasteiger partial charge in [-0.1, -0.05) is 18.2 Å². The maximum absolute atomic E-state index is 11.5. The molecule has 0 saturated carbocycles. The molecule has 18 heavy (non-hydrogen) atoms. The second-order valence-electron chi connectivity index (χ2n) is 3.84. The molecule has 92 valence electrons. The molecule has 0 aliphatic rings. The molecule has 0 unspecified atom stereocenters. The van der Waals surface area contributed by atoms with E-state index in [4.69, 9.17) is 5.73 Å².